The van der Waals surface area contributed by atoms with Crippen molar-refractivity contribution in [1.82, 2.24) is 4.73 Å². The Labute approximate surface area is 101 Å². The molecule has 0 unspecified atom stereocenters. The third-order valence-corrected chi connectivity index (χ3v) is 2.27. The van der Waals surface area contributed by atoms with Crippen LogP contribution < -0.4 is 4.84 Å². The number of hydrogen-bond donors (Lipinski definition) is 2. The highest BCUT2D eigenvalue weighted by Gasteiger charge is 2.14. The summed E-state index contributed by atoms with van der Waals surface area (Å²) in [4.78, 5) is 16.4. The van der Waals surface area contributed by atoms with Crippen LogP contribution in [0.15, 0.2) is 36.4 Å². The zero-order valence-electron chi connectivity index (χ0n) is 8.50. The number of nitrogens with zero attached hydrogens (tertiary/aromatic N) is 1. The molecule has 1 aromatic heterocycles. The molecule has 5 nitrogen and oxygen atoms in total. The Morgan fingerprint density at radius 1 is 1.18 bits per heavy atom. The molecular formula is C11H8ClNO4. The second kappa shape index (κ2) is 4.39. The SMILES string of the molecule is O=C(On1c(O)ccc1O)c1cccc(Cl)c1. The molecule has 0 fully saturated rings. The summed E-state index contributed by atoms with van der Waals surface area (Å²) in [6, 6.07) is 8.52. The minimum absolute atomic E-state index is 0.213. The third-order valence-electron chi connectivity index (χ3n) is 2.03. The van der Waals surface area contributed by atoms with Crippen LogP contribution in [0.2, 0.25) is 5.02 Å². The number of benzene rings is 1. The lowest BCUT2D eigenvalue weighted by Gasteiger charge is -2.06. The zero-order valence-corrected chi connectivity index (χ0v) is 9.26. The van der Waals surface area contributed by atoms with Crippen molar-refractivity contribution in [2.24, 2.45) is 0 Å². The summed E-state index contributed by atoms with van der Waals surface area (Å²) >= 11 is 5.72. The van der Waals surface area contributed by atoms with E-state index in [9.17, 15) is 15.0 Å². The highest BCUT2D eigenvalue weighted by atomic mass is 35.5. The van der Waals surface area contributed by atoms with Crippen LogP contribution in [-0.2, 0) is 0 Å². The lowest BCUT2D eigenvalue weighted by Crippen LogP contribution is -2.18. The van der Waals surface area contributed by atoms with Gasteiger partial charge in [0.25, 0.3) is 0 Å². The van der Waals surface area contributed by atoms with Gasteiger partial charge in [0.05, 0.1) is 5.56 Å². The maximum atomic E-state index is 11.6. The molecular weight excluding hydrogens is 246 g/mol. The quantitative estimate of drug-likeness (QED) is 0.856. The standard InChI is InChI=1S/C11H8ClNO4/c12-8-3-1-2-7(6-8)11(16)17-13-9(14)4-5-10(13)15/h1-6,14-15H. The number of carbonyl (C=O) groups excluding carboxylic acids is 1. The first-order valence-corrected chi connectivity index (χ1v) is 5.03. The number of aromatic nitrogens is 1. The summed E-state index contributed by atoms with van der Waals surface area (Å²) in [7, 11) is 0. The number of carbonyl (C=O) groups is 1. The van der Waals surface area contributed by atoms with Gasteiger partial charge in [0.1, 0.15) is 0 Å². The minimum Gasteiger partial charge on any atom is -0.492 e. The summed E-state index contributed by atoms with van der Waals surface area (Å²) in [5.41, 5.74) is 0.213. The third kappa shape index (κ3) is 2.34. The van der Waals surface area contributed by atoms with E-state index in [0.29, 0.717) is 9.75 Å². The molecule has 1 heterocycles. The Hall–Kier alpha value is -2.14. The average Bonchev–Trinajstić information content (AvgIpc) is 2.61. The van der Waals surface area contributed by atoms with Crippen LogP contribution in [-0.4, -0.2) is 20.9 Å². The van der Waals surface area contributed by atoms with Gasteiger partial charge in [-0.1, -0.05) is 17.7 Å². The summed E-state index contributed by atoms with van der Waals surface area (Å²) in [6.07, 6.45) is 0. The molecule has 0 saturated carbocycles. The Morgan fingerprint density at radius 2 is 1.82 bits per heavy atom. The summed E-state index contributed by atoms with van der Waals surface area (Å²) in [5.74, 6) is -1.50. The molecule has 2 N–H and O–H groups in total. The van der Waals surface area contributed by atoms with Crippen LogP contribution >= 0.6 is 11.6 Å². The molecule has 0 atom stereocenters. The molecule has 0 spiro atoms. The van der Waals surface area contributed by atoms with E-state index in [2.05, 4.69) is 0 Å². The largest absolute Gasteiger partial charge is 0.492 e. The Balaban J connectivity index is 2.23. The lowest BCUT2D eigenvalue weighted by molar-refractivity contribution is 0.0382. The fourth-order valence-corrected chi connectivity index (χ4v) is 1.44. The molecule has 17 heavy (non-hydrogen) atoms. The highest BCUT2D eigenvalue weighted by Crippen LogP contribution is 2.19. The number of halogens is 1. The number of aromatic hydroxyl groups is 2. The minimum atomic E-state index is -0.741. The average molecular weight is 254 g/mol. The van der Waals surface area contributed by atoms with Crippen molar-refractivity contribution in [3.63, 3.8) is 0 Å². The number of hydrogen-bond acceptors (Lipinski definition) is 4. The van der Waals surface area contributed by atoms with E-state index >= 15 is 0 Å². The molecule has 0 aliphatic heterocycles. The van der Waals surface area contributed by atoms with E-state index in [4.69, 9.17) is 16.4 Å². The van der Waals surface area contributed by atoms with Crippen molar-refractivity contribution in [2.45, 2.75) is 0 Å². The summed E-state index contributed by atoms with van der Waals surface area (Å²) in [6.45, 7) is 0. The zero-order chi connectivity index (χ0) is 12.4. The maximum Gasteiger partial charge on any atom is 0.363 e. The van der Waals surface area contributed by atoms with Crippen molar-refractivity contribution >= 4 is 17.6 Å². The molecule has 2 rings (SSSR count). The fourth-order valence-electron chi connectivity index (χ4n) is 1.25. The van der Waals surface area contributed by atoms with Crippen LogP contribution in [0.4, 0.5) is 0 Å². The summed E-state index contributed by atoms with van der Waals surface area (Å²) in [5, 5.41) is 19.0. The van der Waals surface area contributed by atoms with E-state index in [1.807, 2.05) is 0 Å². The topological polar surface area (TPSA) is 71.7 Å². The van der Waals surface area contributed by atoms with Crippen molar-refractivity contribution in [3.05, 3.63) is 47.0 Å². The van der Waals surface area contributed by atoms with Crippen LogP contribution in [0.1, 0.15) is 10.4 Å². The monoisotopic (exact) mass is 253 g/mol. The smallest absolute Gasteiger partial charge is 0.363 e. The van der Waals surface area contributed by atoms with Gasteiger partial charge in [-0.05, 0) is 18.2 Å². The van der Waals surface area contributed by atoms with Crippen LogP contribution in [0, 0.1) is 0 Å². The molecule has 0 bridgehead atoms. The molecule has 0 aliphatic rings. The normalized spacial score (nSPS) is 10.2. The van der Waals surface area contributed by atoms with Gasteiger partial charge in [-0.25, -0.2) is 4.79 Å². The predicted octanol–water partition coefficient (Wildman–Crippen LogP) is 1.82. The molecule has 88 valence electrons. The van der Waals surface area contributed by atoms with Crippen LogP contribution in [0.3, 0.4) is 0 Å². The number of rotatable bonds is 2. The second-order valence-electron chi connectivity index (χ2n) is 3.23. The Kier molecular flexibility index (Phi) is 2.93. The second-order valence-corrected chi connectivity index (χ2v) is 3.67. The van der Waals surface area contributed by atoms with E-state index in [1.165, 1.54) is 24.3 Å². The molecule has 6 heteroatoms. The van der Waals surface area contributed by atoms with Gasteiger partial charge < -0.3 is 15.1 Å². The molecule has 0 amide bonds. The van der Waals surface area contributed by atoms with Gasteiger partial charge in [0.2, 0.25) is 11.8 Å². The Bertz CT molecular complexity index is 545. The van der Waals surface area contributed by atoms with Gasteiger partial charge in [0.15, 0.2) is 0 Å². The maximum absolute atomic E-state index is 11.6. The van der Waals surface area contributed by atoms with Gasteiger partial charge in [-0.3, -0.25) is 0 Å². The van der Waals surface area contributed by atoms with Crippen LogP contribution in [0.5, 0.6) is 11.8 Å². The van der Waals surface area contributed by atoms with Crippen molar-refractivity contribution < 1.29 is 19.8 Å². The Morgan fingerprint density at radius 3 is 2.41 bits per heavy atom. The first-order valence-electron chi connectivity index (χ1n) is 4.66. The van der Waals surface area contributed by atoms with Gasteiger partial charge in [-0.15, -0.1) is 4.73 Å². The van der Waals surface area contributed by atoms with E-state index in [-0.39, 0.29) is 17.3 Å². The molecule has 0 radical (unpaired) electrons. The van der Waals surface area contributed by atoms with E-state index in [1.54, 1.807) is 12.1 Å². The van der Waals surface area contributed by atoms with Crippen molar-refractivity contribution in [2.75, 3.05) is 0 Å². The van der Waals surface area contributed by atoms with E-state index in [0.717, 1.165) is 0 Å². The van der Waals surface area contributed by atoms with E-state index < -0.39 is 5.97 Å². The predicted molar refractivity (Wildman–Crippen MR) is 60.1 cm³/mol. The molecule has 1 aromatic carbocycles. The first kappa shape index (κ1) is 11.3. The van der Waals surface area contributed by atoms with Gasteiger partial charge in [0, 0.05) is 17.2 Å². The van der Waals surface area contributed by atoms with Crippen LogP contribution in [0.25, 0.3) is 0 Å². The lowest BCUT2D eigenvalue weighted by atomic mass is 10.2. The molecule has 2 aromatic rings. The fraction of sp³-hybridized carbons (Fsp3) is 0. The van der Waals surface area contributed by atoms with Gasteiger partial charge >= 0.3 is 5.97 Å². The summed E-state index contributed by atoms with van der Waals surface area (Å²) < 4.78 is 0.614. The van der Waals surface area contributed by atoms with Crippen molar-refractivity contribution in [1.29, 1.82) is 0 Å². The molecule has 0 saturated heterocycles. The molecule has 0 aliphatic carbocycles. The van der Waals surface area contributed by atoms with Gasteiger partial charge in [-0.2, -0.15) is 0 Å². The first-order chi connectivity index (χ1) is 8.08. The highest BCUT2D eigenvalue weighted by molar-refractivity contribution is 6.30. The van der Waals surface area contributed by atoms with Crippen molar-refractivity contribution in [3.8, 4) is 11.8 Å².